The van der Waals surface area contributed by atoms with Crippen molar-refractivity contribution in [2.45, 2.75) is 0 Å². The Labute approximate surface area is 189 Å². The summed E-state index contributed by atoms with van der Waals surface area (Å²) in [5.41, 5.74) is 1.19. The lowest BCUT2D eigenvalue weighted by Crippen LogP contribution is -2.36. The molecule has 2 aliphatic rings. The second-order valence-corrected chi connectivity index (χ2v) is 7.88. The van der Waals surface area contributed by atoms with Crippen LogP contribution in [0.1, 0.15) is 42.2 Å². The number of rotatable bonds is 3. The second kappa shape index (κ2) is 8.07. The van der Waals surface area contributed by atoms with Gasteiger partial charge in [0, 0.05) is 41.2 Å². The minimum atomic E-state index is -0.666. The van der Waals surface area contributed by atoms with E-state index in [0.29, 0.717) is 18.9 Å². The highest BCUT2D eigenvalue weighted by Gasteiger charge is 2.35. The molecule has 33 heavy (non-hydrogen) atoms. The molecule has 1 aliphatic carbocycles. The predicted octanol–water partition coefficient (Wildman–Crippen LogP) is 2.96. The van der Waals surface area contributed by atoms with Gasteiger partial charge in [0.25, 0.3) is 5.91 Å². The van der Waals surface area contributed by atoms with E-state index >= 15 is 0 Å². The SMILES string of the molecule is O=C(Nc1ccc(N2CCOCC2)cc1)c1cc(O)c2c(c1)C(=O)c1cccc(O)c1C2=O. The molecule has 0 saturated carbocycles. The van der Waals surface area contributed by atoms with Gasteiger partial charge in [-0.3, -0.25) is 14.4 Å². The van der Waals surface area contributed by atoms with Crippen LogP contribution < -0.4 is 10.2 Å². The minimum absolute atomic E-state index is 0.0307. The highest BCUT2D eigenvalue weighted by molar-refractivity contribution is 6.30. The Bertz CT molecular complexity index is 1290. The van der Waals surface area contributed by atoms with Crippen molar-refractivity contribution >= 4 is 28.8 Å². The molecule has 0 spiro atoms. The molecule has 0 bridgehead atoms. The maximum absolute atomic E-state index is 13.0. The Morgan fingerprint density at radius 3 is 2.27 bits per heavy atom. The van der Waals surface area contributed by atoms with E-state index in [1.54, 1.807) is 12.1 Å². The third-order valence-corrected chi connectivity index (χ3v) is 5.87. The van der Waals surface area contributed by atoms with Crippen molar-refractivity contribution in [2.24, 2.45) is 0 Å². The molecule has 3 aromatic carbocycles. The Kier molecular flexibility index (Phi) is 5.07. The lowest BCUT2D eigenvalue weighted by atomic mass is 9.82. The van der Waals surface area contributed by atoms with E-state index in [4.69, 9.17) is 4.74 Å². The molecule has 1 fully saturated rings. The number of fused-ring (bicyclic) bond motifs is 2. The monoisotopic (exact) mass is 444 g/mol. The Hall–Kier alpha value is -4.17. The zero-order chi connectivity index (χ0) is 23.1. The zero-order valence-corrected chi connectivity index (χ0v) is 17.5. The summed E-state index contributed by atoms with van der Waals surface area (Å²) in [4.78, 5) is 40.8. The predicted molar refractivity (Wildman–Crippen MR) is 121 cm³/mol. The smallest absolute Gasteiger partial charge is 0.255 e. The third-order valence-electron chi connectivity index (χ3n) is 5.87. The van der Waals surface area contributed by atoms with Crippen LogP contribution in [0.15, 0.2) is 54.6 Å². The number of amides is 1. The van der Waals surface area contributed by atoms with Crippen molar-refractivity contribution in [1.29, 1.82) is 0 Å². The number of aromatic hydroxyl groups is 2. The number of morpholine rings is 1. The third kappa shape index (κ3) is 3.60. The van der Waals surface area contributed by atoms with Crippen LogP contribution in [-0.2, 0) is 4.74 Å². The zero-order valence-electron chi connectivity index (χ0n) is 17.5. The lowest BCUT2D eigenvalue weighted by molar-refractivity contribution is 0.0972. The maximum atomic E-state index is 13.0. The summed E-state index contributed by atoms with van der Waals surface area (Å²) in [5.74, 6) is -2.57. The Morgan fingerprint density at radius 2 is 1.55 bits per heavy atom. The van der Waals surface area contributed by atoms with Crippen molar-refractivity contribution in [3.05, 3.63) is 82.4 Å². The average molecular weight is 444 g/mol. The van der Waals surface area contributed by atoms with Gasteiger partial charge in [0.1, 0.15) is 11.5 Å². The molecule has 1 saturated heterocycles. The second-order valence-electron chi connectivity index (χ2n) is 7.88. The quantitative estimate of drug-likeness (QED) is 0.445. The molecule has 1 aliphatic heterocycles. The molecule has 0 atom stereocenters. The maximum Gasteiger partial charge on any atom is 0.255 e. The van der Waals surface area contributed by atoms with Crippen LogP contribution >= 0.6 is 0 Å². The first-order chi connectivity index (χ1) is 15.9. The van der Waals surface area contributed by atoms with Gasteiger partial charge in [-0.15, -0.1) is 0 Å². The van der Waals surface area contributed by atoms with Gasteiger partial charge in [-0.2, -0.15) is 0 Å². The average Bonchev–Trinajstić information content (AvgIpc) is 2.83. The normalized spacial score (nSPS) is 15.1. The van der Waals surface area contributed by atoms with E-state index in [1.807, 2.05) is 12.1 Å². The summed E-state index contributed by atoms with van der Waals surface area (Å²) in [7, 11) is 0. The molecule has 3 aromatic rings. The Morgan fingerprint density at radius 1 is 0.848 bits per heavy atom. The van der Waals surface area contributed by atoms with E-state index in [2.05, 4.69) is 10.2 Å². The first kappa shape index (κ1) is 20.7. The van der Waals surface area contributed by atoms with Crippen LogP contribution in [0.4, 0.5) is 11.4 Å². The number of anilines is 2. The summed E-state index contributed by atoms with van der Waals surface area (Å²) in [5, 5.41) is 23.3. The molecular formula is C25H20N2O6. The molecule has 166 valence electrons. The number of phenolic OH excluding ortho intramolecular Hbond substituents is 2. The standard InChI is InChI=1S/C25H20N2O6/c28-19-3-1-2-17-21(19)24(31)22-18(23(17)30)12-14(13-20(22)29)25(32)26-15-4-6-16(7-5-15)27-8-10-33-11-9-27/h1-7,12-13,28-29H,8-11H2,(H,26,32). The van der Waals surface area contributed by atoms with E-state index < -0.39 is 23.2 Å². The number of phenols is 2. The van der Waals surface area contributed by atoms with Crippen LogP contribution in [0.5, 0.6) is 11.5 Å². The molecule has 0 radical (unpaired) electrons. The fraction of sp³-hybridized carbons (Fsp3) is 0.160. The van der Waals surface area contributed by atoms with Gasteiger partial charge in [0.05, 0.1) is 24.3 Å². The minimum Gasteiger partial charge on any atom is -0.507 e. The van der Waals surface area contributed by atoms with E-state index in [-0.39, 0.29) is 33.6 Å². The van der Waals surface area contributed by atoms with Crippen LogP contribution in [-0.4, -0.2) is 54.0 Å². The van der Waals surface area contributed by atoms with Crippen molar-refractivity contribution < 1.29 is 29.3 Å². The molecule has 5 rings (SSSR count). The van der Waals surface area contributed by atoms with Gasteiger partial charge >= 0.3 is 0 Å². The Balaban J connectivity index is 1.41. The molecule has 8 heteroatoms. The largest absolute Gasteiger partial charge is 0.507 e. The number of carbonyl (C=O) groups is 3. The number of nitrogens with one attached hydrogen (secondary N) is 1. The first-order valence-electron chi connectivity index (χ1n) is 10.5. The highest BCUT2D eigenvalue weighted by atomic mass is 16.5. The fourth-order valence-corrected chi connectivity index (χ4v) is 4.19. The molecule has 3 N–H and O–H groups in total. The first-order valence-corrected chi connectivity index (χ1v) is 10.5. The number of ether oxygens (including phenoxy) is 1. The van der Waals surface area contributed by atoms with Gasteiger partial charge in [0.2, 0.25) is 5.78 Å². The molecule has 1 heterocycles. The van der Waals surface area contributed by atoms with Gasteiger partial charge < -0.3 is 25.2 Å². The van der Waals surface area contributed by atoms with Gasteiger partial charge in [-0.1, -0.05) is 12.1 Å². The van der Waals surface area contributed by atoms with Crippen molar-refractivity contribution in [2.75, 3.05) is 36.5 Å². The molecule has 0 unspecified atom stereocenters. The van der Waals surface area contributed by atoms with Gasteiger partial charge in [-0.25, -0.2) is 0 Å². The van der Waals surface area contributed by atoms with Crippen LogP contribution in [0.2, 0.25) is 0 Å². The van der Waals surface area contributed by atoms with Crippen LogP contribution in [0.3, 0.4) is 0 Å². The summed E-state index contributed by atoms with van der Waals surface area (Å²) in [6.45, 7) is 2.94. The van der Waals surface area contributed by atoms with E-state index in [1.165, 1.54) is 24.3 Å². The molecular weight excluding hydrogens is 424 g/mol. The van der Waals surface area contributed by atoms with E-state index in [0.717, 1.165) is 24.8 Å². The summed E-state index contributed by atoms with van der Waals surface area (Å²) >= 11 is 0. The lowest BCUT2D eigenvalue weighted by Gasteiger charge is -2.28. The summed E-state index contributed by atoms with van der Waals surface area (Å²) in [6, 6.07) is 14.0. The van der Waals surface area contributed by atoms with Crippen molar-refractivity contribution in [3.63, 3.8) is 0 Å². The van der Waals surface area contributed by atoms with Gasteiger partial charge in [-0.05, 0) is 42.5 Å². The topological polar surface area (TPSA) is 116 Å². The number of nitrogens with zero attached hydrogens (tertiary/aromatic N) is 1. The van der Waals surface area contributed by atoms with Crippen molar-refractivity contribution in [3.8, 4) is 11.5 Å². The summed E-state index contributed by atoms with van der Waals surface area (Å²) < 4.78 is 5.36. The summed E-state index contributed by atoms with van der Waals surface area (Å²) in [6.07, 6.45) is 0. The molecule has 1 amide bonds. The number of hydrogen-bond acceptors (Lipinski definition) is 7. The highest BCUT2D eigenvalue weighted by Crippen LogP contribution is 2.37. The molecule has 8 nitrogen and oxygen atoms in total. The molecule has 0 aromatic heterocycles. The van der Waals surface area contributed by atoms with Crippen LogP contribution in [0, 0.1) is 0 Å². The number of ketones is 2. The van der Waals surface area contributed by atoms with E-state index in [9.17, 15) is 24.6 Å². The number of carbonyl (C=O) groups excluding carboxylic acids is 3. The number of hydrogen-bond donors (Lipinski definition) is 3. The van der Waals surface area contributed by atoms with Crippen LogP contribution in [0.25, 0.3) is 0 Å². The number of benzene rings is 3. The van der Waals surface area contributed by atoms with Crippen molar-refractivity contribution in [1.82, 2.24) is 0 Å². The van der Waals surface area contributed by atoms with Gasteiger partial charge in [0.15, 0.2) is 5.78 Å². The fourth-order valence-electron chi connectivity index (χ4n) is 4.19.